The van der Waals surface area contributed by atoms with E-state index in [-0.39, 0.29) is 23.8 Å². The molecule has 1 aliphatic rings. The highest BCUT2D eigenvalue weighted by Crippen LogP contribution is 2.21. The minimum absolute atomic E-state index is 0.144. The van der Waals surface area contributed by atoms with Gasteiger partial charge in [0.1, 0.15) is 0 Å². The topological polar surface area (TPSA) is 53.6 Å². The molecule has 6 heteroatoms. The van der Waals surface area contributed by atoms with Crippen LogP contribution in [0.4, 0.5) is 10.5 Å². The van der Waals surface area contributed by atoms with E-state index in [2.05, 4.69) is 43.2 Å². The van der Waals surface area contributed by atoms with Gasteiger partial charge in [-0.25, -0.2) is 4.79 Å². The molecule has 0 aliphatic carbocycles. The van der Waals surface area contributed by atoms with Gasteiger partial charge in [-0.2, -0.15) is 0 Å². The van der Waals surface area contributed by atoms with Gasteiger partial charge in [-0.3, -0.25) is 4.90 Å². The average molecular weight is 354 g/mol. The number of urea groups is 1. The lowest BCUT2D eigenvalue weighted by Crippen LogP contribution is -2.58. The third-order valence-electron chi connectivity index (χ3n) is 4.39. The number of hydrogen-bond acceptors (Lipinski definition) is 3. The lowest BCUT2D eigenvalue weighted by molar-refractivity contribution is -0.0947. The maximum atomic E-state index is 12.2. The van der Waals surface area contributed by atoms with Gasteiger partial charge >= 0.3 is 6.03 Å². The Morgan fingerprint density at radius 1 is 1.33 bits per heavy atom. The number of morpholine rings is 1. The molecule has 0 saturated carbocycles. The van der Waals surface area contributed by atoms with Gasteiger partial charge in [-0.05, 0) is 52.3 Å². The van der Waals surface area contributed by atoms with Crippen LogP contribution in [0, 0.1) is 6.92 Å². The SMILES string of the molecule is Cc1ccc(NC(=O)NCC(C)(C)N2CC(C)OC(C)C2)cc1Cl. The molecular weight excluding hydrogens is 326 g/mol. The van der Waals surface area contributed by atoms with Crippen molar-refractivity contribution < 1.29 is 9.53 Å². The first kappa shape index (κ1) is 19.0. The van der Waals surface area contributed by atoms with Crippen LogP contribution >= 0.6 is 11.6 Å². The molecule has 134 valence electrons. The normalized spacial score (nSPS) is 22.2. The lowest BCUT2D eigenvalue weighted by atomic mass is 10.00. The molecule has 1 fully saturated rings. The number of hydrogen-bond donors (Lipinski definition) is 2. The fourth-order valence-corrected chi connectivity index (χ4v) is 3.11. The Labute approximate surface area is 149 Å². The van der Waals surface area contributed by atoms with Crippen molar-refractivity contribution in [1.29, 1.82) is 0 Å². The summed E-state index contributed by atoms with van der Waals surface area (Å²) in [7, 11) is 0. The molecule has 1 aromatic rings. The second-order valence-corrected chi connectivity index (χ2v) is 7.65. The fraction of sp³-hybridized carbons (Fsp3) is 0.611. The van der Waals surface area contributed by atoms with Crippen LogP contribution in [0.3, 0.4) is 0 Å². The summed E-state index contributed by atoms with van der Waals surface area (Å²) in [5, 5.41) is 6.43. The van der Waals surface area contributed by atoms with E-state index in [9.17, 15) is 4.79 Å². The Morgan fingerprint density at radius 2 is 1.96 bits per heavy atom. The second-order valence-electron chi connectivity index (χ2n) is 7.25. The summed E-state index contributed by atoms with van der Waals surface area (Å²) in [5.41, 5.74) is 1.53. The Bertz CT molecular complexity index is 582. The molecule has 0 spiro atoms. The molecule has 1 aromatic carbocycles. The van der Waals surface area contributed by atoms with Crippen molar-refractivity contribution in [2.24, 2.45) is 0 Å². The number of rotatable bonds is 4. The molecule has 1 heterocycles. The summed E-state index contributed by atoms with van der Waals surface area (Å²) in [6.07, 6.45) is 0.410. The van der Waals surface area contributed by atoms with E-state index in [0.29, 0.717) is 17.3 Å². The first-order valence-electron chi connectivity index (χ1n) is 8.39. The third-order valence-corrected chi connectivity index (χ3v) is 4.79. The monoisotopic (exact) mass is 353 g/mol. The van der Waals surface area contributed by atoms with E-state index in [0.717, 1.165) is 18.7 Å². The van der Waals surface area contributed by atoms with Crippen LogP contribution in [0.15, 0.2) is 18.2 Å². The van der Waals surface area contributed by atoms with Crippen molar-refractivity contribution in [3.63, 3.8) is 0 Å². The predicted octanol–water partition coefficient (Wildman–Crippen LogP) is 3.66. The summed E-state index contributed by atoms with van der Waals surface area (Å²) in [6.45, 7) is 12.7. The van der Waals surface area contributed by atoms with Gasteiger partial charge in [0, 0.05) is 35.9 Å². The number of nitrogens with one attached hydrogen (secondary N) is 2. The Morgan fingerprint density at radius 3 is 2.54 bits per heavy atom. The van der Waals surface area contributed by atoms with Gasteiger partial charge in [-0.15, -0.1) is 0 Å². The highest BCUT2D eigenvalue weighted by atomic mass is 35.5. The number of amides is 2. The van der Waals surface area contributed by atoms with E-state index >= 15 is 0 Å². The first-order chi connectivity index (χ1) is 11.2. The molecule has 1 aliphatic heterocycles. The van der Waals surface area contributed by atoms with Gasteiger partial charge in [0.25, 0.3) is 0 Å². The number of aryl methyl sites for hydroxylation is 1. The number of anilines is 1. The lowest BCUT2D eigenvalue weighted by Gasteiger charge is -2.45. The van der Waals surface area contributed by atoms with Crippen molar-refractivity contribution in [3.8, 4) is 0 Å². The minimum Gasteiger partial charge on any atom is -0.373 e. The van der Waals surface area contributed by atoms with Gasteiger partial charge in [-0.1, -0.05) is 17.7 Å². The van der Waals surface area contributed by atoms with Crippen LogP contribution in [0.2, 0.25) is 5.02 Å². The molecule has 2 unspecified atom stereocenters. The number of ether oxygens (including phenoxy) is 1. The van der Waals surface area contributed by atoms with Crippen LogP contribution in [0.5, 0.6) is 0 Å². The highest BCUT2D eigenvalue weighted by molar-refractivity contribution is 6.31. The van der Waals surface area contributed by atoms with E-state index in [1.54, 1.807) is 6.07 Å². The van der Waals surface area contributed by atoms with Gasteiger partial charge < -0.3 is 15.4 Å². The molecule has 2 rings (SSSR count). The fourth-order valence-electron chi connectivity index (χ4n) is 2.93. The quantitative estimate of drug-likeness (QED) is 0.868. The van der Waals surface area contributed by atoms with E-state index in [1.807, 2.05) is 19.1 Å². The van der Waals surface area contributed by atoms with Crippen molar-refractivity contribution in [2.75, 3.05) is 25.0 Å². The zero-order valence-corrected chi connectivity index (χ0v) is 15.9. The highest BCUT2D eigenvalue weighted by Gasteiger charge is 2.33. The molecule has 2 N–H and O–H groups in total. The summed E-state index contributed by atoms with van der Waals surface area (Å²) in [4.78, 5) is 14.5. The first-order valence-corrected chi connectivity index (χ1v) is 8.76. The van der Waals surface area contributed by atoms with Crippen LogP contribution in [-0.4, -0.2) is 48.3 Å². The van der Waals surface area contributed by atoms with Crippen LogP contribution < -0.4 is 10.6 Å². The molecule has 0 radical (unpaired) electrons. The summed E-state index contributed by atoms with van der Waals surface area (Å²) >= 11 is 6.09. The molecule has 0 bridgehead atoms. The smallest absolute Gasteiger partial charge is 0.319 e. The Kier molecular flexibility index (Phi) is 6.12. The van der Waals surface area contributed by atoms with Crippen molar-refractivity contribution in [1.82, 2.24) is 10.2 Å². The molecule has 2 atom stereocenters. The van der Waals surface area contributed by atoms with E-state index < -0.39 is 0 Å². The summed E-state index contributed by atoms with van der Waals surface area (Å²) < 4.78 is 5.78. The summed E-state index contributed by atoms with van der Waals surface area (Å²) in [5.74, 6) is 0. The van der Waals surface area contributed by atoms with Crippen molar-refractivity contribution in [2.45, 2.75) is 52.4 Å². The predicted molar refractivity (Wildman–Crippen MR) is 98.9 cm³/mol. The maximum Gasteiger partial charge on any atom is 0.319 e. The molecular formula is C18H28ClN3O2. The number of carbonyl (C=O) groups excluding carboxylic acids is 1. The number of benzene rings is 1. The number of nitrogens with zero attached hydrogens (tertiary/aromatic N) is 1. The second kappa shape index (κ2) is 7.72. The van der Waals surface area contributed by atoms with Crippen molar-refractivity contribution >= 4 is 23.3 Å². The molecule has 2 amide bonds. The third kappa shape index (κ3) is 5.10. The van der Waals surface area contributed by atoms with Crippen LogP contribution in [0.25, 0.3) is 0 Å². The average Bonchev–Trinajstić information content (AvgIpc) is 2.48. The van der Waals surface area contributed by atoms with Gasteiger partial charge in [0.2, 0.25) is 0 Å². The van der Waals surface area contributed by atoms with E-state index in [4.69, 9.17) is 16.3 Å². The number of carbonyl (C=O) groups is 1. The van der Waals surface area contributed by atoms with Crippen LogP contribution in [0.1, 0.15) is 33.3 Å². The molecule has 5 nitrogen and oxygen atoms in total. The standard InChI is InChI=1S/C18H28ClN3O2/c1-12-6-7-15(8-16(12)19)21-17(23)20-11-18(4,5)22-9-13(2)24-14(3)10-22/h6-8,13-14H,9-11H2,1-5H3,(H2,20,21,23). The zero-order valence-electron chi connectivity index (χ0n) is 15.1. The molecule has 24 heavy (non-hydrogen) atoms. The molecule has 1 saturated heterocycles. The van der Waals surface area contributed by atoms with Crippen LogP contribution in [-0.2, 0) is 4.74 Å². The van der Waals surface area contributed by atoms with Crippen molar-refractivity contribution in [3.05, 3.63) is 28.8 Å². The summed E-state index contributed by atoms with van der Waals surface area (Å²) in [6, 6.07) is 5.26. The Hall–Kier alpha value is -1.30. The maximum absolute atomic E-state index is 12.2. The molecule has 0 aromatic heterocycles. The van der Waals surface area contributed by atoms with E-state index in [1.165, 1.54) is 0 Å². The van der Waals surface area contributed by atoms with Gasteiger partial charge in [0.15, 0.2) is 0 Å². The Balaban J connectivity index is 1.88. The zero-order chi connectivity index (χ0) is 17.9. The largest absolute Gasteiger partial charge is 0.373 e. The minimum atomic E-state index is -0.225. The van der Waals surface area contributed by atoms with Gasteiger partial charge in [0.05, 0.1) is 12.2 Å². The number of halogens is 1.